The van der Waals surface area contributed by atoms with Gasteiger partial charge >= 0.3 is 0 Å². The van der Waals surface area contributed by atoms with Crippen LogP contribution in [0.5, 0.6) is 0 Å². The van der Waals surface area contributed by atoms with E-state index in [0.717, 1.165) is 11.6 Å². The van der Waals surface area contributed by atoms with Crippen LogP contribution in [0.25, 0.3) is 5.69 Å². The number of rotatable bonds is 5. The molecule has 0 spiro atoms. The average molecular weight is 255 g/mol. The molecule has 1 atom stereocenters. The molecule has 1 aliphatic carbocycles. The summed E-state index contributed by atoms with van der Waals surface area (Å²) in [6.45, 7) is 2.28. The molecule has 3 heteroatoms. The fourth-order valence-corrected chi connectivity index (χ4v) is 2.70. The van der Waals surface area contributed by atoms with E-state index in [1.807, 2.05) is 16.9 Å². The number of aromatic nitrogens is 2. The predicted molar refractivity (Wildman–Crippen MR) is 78.6 cm³/mol. The Labute approximate surface area is 114 Å². The number of nitrogens with one attached hydrogen (secondary N) is 1. The molecule has 0 aliphatic heterocycles. The van der Waals surface area contributed by atoms with E-state index in [-0.39, 0.29) is 0 Å². The van der Waals surface area contributed by atoms with E-state index in [9.17, 15) is 0 Å². The summed E-state index contributed by atoms with van der Waals surface area (Å²) in [6.07, 6.45) is 9.32. The van der Waals surface area contributed by atoms with E-state index in [0.29, 0.717) is 6.04 Å². The minimum Gasteiger partial charge on any atom is -0.383 e. The highest BCUT2D eigenvalue weighted by molar-refractivity contribution is 5.49. The second-order valence-corrected chi connectivity index (χ2v) is 5.58. The smallest absolute Gasteiger partial charge is 0.0647 e. The van der Waals surface area contributed by atoms with Crippen molar-refractivity contribution in [1.82, 2.24) is 9.78 Å². The van der Waals surface area contributed by atoms with Crippen molar-refractivity contribution >= 4 is 5.69 Å². The van der Waals surface area contributed by atoms with Crippen molar-refractivity contribution in [2.75, 3.05) is 5.32 Å². The molecule has 3 rings (SSSR count). The summed E-state index contributed by atoms with van der Waals surface area (Å²) < 4.78 is 1.88. The van der Waals surface area contributed by atoms with Gasteiger partial charge in [0.25, 0.3) is 0 Å². The maximum Gasteiger partial charge on any atom is 0.0647 e. The van der Waals surface area contributed by atoms with Gasteiger partial charge in [-0.25, -0.2) is 4.68 Å². The van der Waals surface area contributed by atoms with E-state index >= 15 is 0 Å². The topological polar surface area (TPSA) is 29.9 Å². The van der Waals surface area contributed by atoms with Crippen molar-refractivity contribution in [2.45, 2.75) is 38.6 Å². The van der Waals surface area contributed by atoms with E-state index in [2.05, 4.69) is 41.6 Å². The van der Waals surface area contributed by atoms with Crippen LogP contribution >= 0.6 is 0 Å². The highest BCUT2D eigenvalue weighted by Crippen LogP contribution is 2.31. The van der Waals surface area contributed by atoms with Crippen LogP contribution in [0.15, 0.2) is 42.7 Å². The van der Waals surface area contributed by atoms with Crippen molar-refractivity contribution < 1.29 is 0 Å². The first-order chi connectivity index (χ1) is 9.31. The number of benzene rings is 1. The Kier molecular flexibility index (Phi) is 3.53. The predicted octanol–water partition coefficient (Wildman–Crippen LogP) is 3.86. The maximum atomic E-state index is 4.23. The largest absolute Gasteiger partial charge is 0.383 e. The van der Waals surface area contributed by atoms with Crippen LogP contribution in [0.3, 0.4) is 0 Å². The van der Waals surface area contributed by atoms with E-state index < -0.39 is 0 Å². The molecule has 1 aromatic carbocycles. The van der Waals surface area contributed by atoms with Gasteiger partial charge in [-0.1, -0.05) is 19.3 Å². The number of hydrogen-bond donors (Lipinski definition) is 1. The molecule has 19 heavy (non-hydrogen) atoms. The van der Waals surface area contributed by atoms with Crippen LogP contribution < -0.4 is 5.32 Å². The highest BCUT2D eigenvalue weighted by Gasteiger charge is 2.19. The molecule has 1 heterocycles. The molecular formula is C16H21N3. The van der Waals surface area contributed by atoms with Gasteiger partial charge in [-0.05, 0) is 49.6 Å². The quantitative estimate of drug-likeness (QED) is 0.879. The highest BCUT2D eigenvalue weighted by atomic mass is 15.3. The lowest BCUT2D eigenvalue weighted by Gasteiger charge is -2.28. The summed E-state index contributed by atoms with van der Waals surface area (Å²) in [5.41, 5.74) is 2.30. The summed E-state index contributed by atoms with van der Waals surface area (Å²) in [7, 11) is 0. The Balaban J connectivity index is 1.59. The zero-order valence-electron chi connectivity index (χ0n) is 11.4. The monoisotopic (exact) mass is 255 g/mol. The zero-order valence-corrected chi connectivity index (χ0v) is 11.4. The first kappa shape index (κ1) is 12.3. The van der Waals surface area contributed by atoms with Crippen LogP contribution in [0.2, 0.25) is 0 Å². The number of hydrogen-bond acceptors (Lipinski definition) is 2. The molecule has 0 saturated heterocycles. The summed E-state index contributed by atoms with van der Waals surface area (Å²) in [4.78, 5) is 0. The molecule has 0 amide bonds. The van der Waals surface area contributed by atoms with Gasteiger partial charge in [0.2, 0.25) is 0 Å². The number of anilines is 1. The van der Waals surface area contributed by atoms with E-state index in [4.69, 9.17) is 0 Å². The molecule has 100 valence electrons. The van der Waals surface area contributed by atoms with Crippen molar-refractivity contribution in [3.05, 3.63) is 42.7 Å². The lowest BCUT2D eigenvalue weighted by atomic mass is 9.81. The van der Waals surface area contributed by atoms with Crippen LogP contribution in [0.1, 0.15) is 32.6 Å². The molecule has 3 nitrogen and oxygen atoms in total. The van der Waals surface area contributed by atoms with Crippen molar-refractivity contribution in [1.29, 1.82) is 0 Å². The summed E-state index contributed by atoms with van der Waals surface area (Å²) in [6, 6.07) is 11.0. The second kappa shape index (κ2) is 5.47. The standard InChI is InChI=1S/C16H21N3/c1-13(12-14-4-2-5-14)18-15-6-8-16(9-7-15)19-11-3-10-17-19/h3,6-11,13-14,18H,2,4-5,12H2,1H3. The van der Waals surface area contributed by atoms with Crippen molar-refractivity contribution in [3.63, 3.8) is 0 Å². The normalized spacial score (nSPS) is 16.9. The Morgan fingerprint density at radius 3 is 2.68 bits per heavy atom. The molecule has 1 aliphatic rings. The van der Waals surface area contributed by atoms with Gasteiger partial charge in [-0.15, -0.1) is 0 Å². The summed E-state index contributed by atoms with van der Waals surface area (Å²) in [5, 5.41) is 7.82. The van der Waals surface area contributed by atoms with Crippen LogP contribution in [0, 0.1) is 5.92 Å². The SMILES string of the molecule is CC(CC1CCC1)Nc1ccc(-n2cccn2)cc1. The Morgan fingerprint density at radius 1 is 1.32 bits per heavy atom. The second-order valence-electron chi connectivity index (χ2n) is 5.58. The summed E-state index contributed by atoms with van der Waals surface area (Å²) in [5.74, 6) is 0.950. The van der Waals surface area contributed by atoms with Gasteiger partial charge in [0.15, 0.2) is 0 Å². The van der Waals surface area contributed by atoms with Gasteiger partial charge in [0.05, 0.1) is 5.69 Å². The van der Waals surface area contributed by atoms with Crippen LogP contribution in [-0.4, -0.2) is 15.8 Å². The molecule has 1 aromatic heterocycles. The fourth-order valence-electron chi connectivity index (χ4n) is 2.70. The molecule has 0 radical (unpaired) electrons. The third-order valence-electron chi connectivity index (χ3n) is 3.96. The first-order valence-corrected chi connectivity index (χ1v) is 7.18. The van der Waals surface area contributed by atoms with Crippen molar-refractivity contribution in [3.8, 4) is 5.69 Å². The van der Waals surface area contributed by atoms with Crippen LogP contribution in [0.4, 0.5) is 5.69 Å². The van der Waals surface area contributed by atoms with Gasteiger partial charge in [-0.2, -0.15) is 5.10 Å². The third-order valence-corrected chi connectivity index (χ3v) is 3.96. The van der Waals surface area contributed by atoms with Gasteiger partial charge in [0, 0.05) is 24.1 Å². The Bertz CT molecular complexity index is 497. The molecule has 1 unspecified atom stereocenters. The molecule has 1 fully saturated rings. The van der Waals surface area contributed by atoms with Gasteiger partial charge in [-0.3, -0.25) is 0 Å². The molecule has 1 saturated carbocycles. The molecule has 0 bridgehead atoms. The number of nitrogens with zero attached hydrogens (tertiary/aromatic N) is 2. The van der Waals surface area contributed by atoms with E-state index in [1.165, 1.54) is 31.4 Å². The minimum absolute atomic E-state index is 0.556. The Morgan fingerprint density at radius 2 is 2.11 bits per heavy atom. The summed E-state index contributed by atoms with van der Waals surface area (Å²) >= 11 is 0. The lowest BCUT2D eigenvalue weighted by molar-refractivity contribution is 0.286. The van der Waals surface area contributed by atoms with Crippen LogP contribution in [-0.2, 0) is 0 Å². The van der Waals surface area contributed by atoms with E-state index in [1.54, 1.807) is 6.20 Å². The first-order valence-electron chi connectivity index (χ1n) is 7.18. The zero-order chi connectivity index (χ0) is 13.1. The van der Waals surface area contributed by atoms with Crippen molar-refractivity contribution in [2.24, 2.45) is 5.92 Å². The molecule has 1 N–H and O–H groups in total. The molecular weight excluding hydrogens is 234 g/mol. The third kappa shape index (κ3) is 2.98. The fraction of sp³-hybridized carbons (Fsp3) is 0.438. The Hall–Kier alpha value is -1.77. The maximum absolute atomic E-state index is 4.23. The average Bonchev–Trinajstić information content (AvgIpc) is 2.89. The molecule has 2 aromatic rings. The van der Waals surface area contributed by atoms with Gasteiger partial charge < -0.3 is 5.32 Å². The lowest BCUT2D eigenvalue weighted by Crippen LogP contribution is -2.23. The van der Waals surface area contributed by atoms with Gasteiger partial charge in [0.1, 0.15) is 0 Å². The minimum atomic E-state index is 0.556.